The van der Waals surface area contributed by atoms with E-state index >= 15 is 0 Å². The molecule has 1 aromatic carbocycles. The second kappa shape index (κ2) is 5.35. The Balaban J connectivity index is 2.22. The van der Waals surface area contributed by atoms with E-state index in [-0.39, 0.29) is 5.75 Å². The first-order valence-corrected chi connectivity index (χ1v) is 7.57. The lowest BCUT2D eigenvalue weighted by Crippen LogP contribution is -2.16. The van der Waals surface area contributed by atoms with Crippen LogP contribution >= 0.6 is 0 Å². The summed E-state index contributed by atoms with van der Waals surface area (Å²) >= 11 is 0. The largest absolute Gasteiger partial charge is 0.280 e. The first-order valence-electron chi connectivity index (χ1n) is 5.92. The Morgan fingerprint density at radius 2 is 2.15 bits per heavy atom. The molecular weight excluding hydrogens is 276 g/mol. The lowest BCUT2D eigenvalue weighted by molar-refractivity contribution is 0.600. The molecule has 0 aliphatic heterocycles. The molecule has 2 aromatic rings. The van der Waals surface area contributed by atoms with Crippen LogP contribution in [0.2, 0.25) is 0 Å². The molecule has 0 saturated heterocycles. The van der Waals surface area contributed by atoms with E-state index in [1.807, 2.05) is 6.07 Å². The summed E-state index contributed by atoms with van der Waals surface area (Å²) in [5, 5.41) is 15.5. The molecule has 104 valence electrons. The van der Waals surface area contributed by atoms with Crippen molar-refractivity contribution in [2.45, 2.75) is 19.6 Å². The Kier molecular flexibility index (Phi) is 3.77. The highest BCUT2D eigenvalue weighted by Crippen LogP contribution is 2.19. The van der Waals surface area contributed by atoms with Gasteiger partial charge in [0.15, 0.2) is 0 Å². The van der Waals surface area contributed by atoms with E-state index < -0.39 is 10.0 Å². The molecule has 1 heterocycles. The fourth-order valence-corrected chi connectivity index (χ4v) is 3.15. The first kappa shape index (κ1) is 14.1. The zero-order valence-electron chi connectivity index (χ0n) is 11.1. The third-order valence-electron chi connectivity index (χ3n) is 2.80. The molecular formula is C13H14N4O2S. The summed E-state index contributed by atoms with van der Waals surface area (Å²) < 4.78 is 26.8. The van der Waals surface area contributed by atoms with Crippen LogP contribution in [-0.2, 0) is 15.8 Å². The van der Waals surface area contributed by atoms with E-state index in [1.165, 1.54) is 0 Å². The van der Waals surface area contributed by atoms with E-state index in [9.17, 15) is 8.42 Å². The molecule has 6 nitrogen and oxygen atoms in total. The fourth-order valence-electron chi connectivity index (χ4n) is 1.84. The number of hydrogen-bond donors (Lipinski definition) is 2. The van der Waals surface area contributed by atoms with Gasteiger partial charge in [0.2, 0.25) is 10.0 Å². The minimum Gasteiger partial charge on any atom is -0.280 e. The summed E-state index contributed by atoms with van der Waals surface area (Å²) in [5.41, 5.74) is 2.74. The Bertz CT molecular complexity index is 752. The van der Waals surface area contributed by atoms with Crippen molar-refractivity contribution in [2.24, 2.45) is 0 Å². The van der Waals surface area contributed by atoms with Gasteiger partial charge in [-0.3, -0.25) is 9.82 Å². The van der Waals surface area contributed by atoms with Gasteiger partial charge in [0.1, 0.15) is 0 Å². The quantitative estimate of drug-likeness (QED) is 0.897. The Morgan fingerprint density at radius 1 is 1.40 bits per heavy atom. The van der Waals surface area contributed by atoms with Gasteiger partial charge >= 0.3 is 0 Å². The van der Waals surface area contributed by atoms with Crippen molar-refractivity contribution < 1.29 is 8.42 Å². The smallest absolute Gasteiger partial charge is 0.237 e. The molecule has 1 aromatic heterocycles. The van der Waals surface area contributed by atoms with Crippen LogP contribution < -0.4 is 4.72 Å². The van der Waals surface area contributed by atoms with Crippen LogP contribution in [0, 0.1) is 25.2 Å². The molecule has 0 aliphatic carbocycles. The monoisotopic (exact) mass is 290 g/mol. The third kappa shape index (κ3) is 3.16. The molecule has 0 radical (unpaired) electrons. The van der Waals surface area contributed by atoms with Crippen molar-refractivity contribution in [1.29, 1.82) is 5.26 Å². The van der Waals surface area contributed by atoms with Gasteiger partial charge in [0.25, 0.3) is 0 Å². The predicted molar refractivity (Wildman–Crippen MR) is 75.5 cm³/mol. The van der Waals surface area contributed by atoms with Crippen LogP contribution in [0.4, 0.5) is 5.69 Å². The molecule has 0 fully saturated rings. The number of H-pyrrole nitrogens is 1. The number of hydrogen-bond acceptors (Lipinski definition) is 4. The van der Waals surface area contributed by atoms with Gasteiger partial charge in [-0.05, 0) is 31.5 Å². The fraction of sp³-hybridized carbons (Fsp3) is 0.231. The molecule has 20 heavy (non-hydrogen) atoms. The summed E-state index contributed by atoms with van der Waals surface area (Å²) in [4.78, 5) is 0. The van der Waals surface area contributed by atoms with Gasteiger partial charge in [-0.25, -0.2) is 8.42 Å². The van der Waals surface area contributed by atoms with Crippen molar-refractivity contribution >= 4 is 15.7 Å². The average Bonchev–Trinajstić information content (AvgIpc) is 2.70. The molecule has 0 unspecified atom stereocenters. The van der Waals surface area contributed by atoms with E-state index in [0.29, 0.717) is 28.2 Å². The minimum atomic E-state index is -3.55. The zero-order chi connectivity index (χ0) is 14.8. The average molecular weight is 290 g/mol. The highest BCUT2D eigenvalue weighted by atomic mass is 32.2. The van der Waals surface area contributed by atoms with Crippen molar-refractivity contribution in [3.05, 3.63) is 46.8 Å². The molecule has 0 bridgehead atoms. The summed E-state index contributed by atoms with van der Waals surface area (Å²) in [5.74, 6) is -0.188. The number of sulfonamides is 1. The van der Waals surface area contributed by atoms with Gasteiger partial charge in [0.05, 0.1) is 34.5 Å². The maximum Gasteiger partial charge on any atom is 0.237 e. The van der Waals surface area contributed by atoms with E-state index in [4.69, 9.17) is 5.26 Å². The Hall–Kier alpha value is -2.33. The summed E-state index contributed by atoms with van der Waals surface area (Å²) in [7, 11) is -3.55. The van der Waals surface area contributed by atoms with Crippen LogP contribution in [0.5, 0.6) is 0 Å². The van der Waals surface area contributed by atoms with Crippen LogP contribution in [0.15, 0.2) is 24.3 Å². The molecule has 7 heteroatoms. The highest BCUT2D eigenvalue weighted by molar-refractivity contribution is 7.91. The number of nitrogens with one attached hydrogen (secondary N) is 2. The van der Waals surface area contributed by atoms with Gasteiger partial charge in [-0.1, -0.05) is 12.1 Å². The number of aromatic nitrogens is 2. The van der Waals surface area contributed by atoms with E-state index in [0.717, 1.165) is 0 Å². The minimum absolute atomic E-state index is 0.188. The second-order valence-corrected chi connectivity index (χ2v) is 6.20. The van der Waals surface area contributed by atoms with Crippen molar-refractivity contribution in [2.75, 3.05) is 4.72 Å². The number of nitrogens with zero attached hydrogens (tertiary/aromatic N) is 2. The second-order valence-electron chi connectivity index (χ2n) is 4.48. The van der Waals surface area contributed by atoms with Gasteiger partial charge in [-0.2, -0.15) is 10.4 Å². The number of nitriles is 1. The summed E-state index contributed by atoms with van der Waals surface area (Å²) in [6.07, 6.45) is 0. The molecule has 0 aliphatic rings. The zero-order valence-corrected chi connectivity index (χ0v) is 12.0. The van der Waals surface area contributed by atoms with Crippen LogP contribution in [-0.4, -0.2) is 18.6 Å². The van der Waals surface area contributed by atoms with Crippen LogP contribution in [0.1, 0.15) is 22.5 Å². The number of anilines is 1. The molecule has 0 atom stereocenters. The first-order chi connectivity index (χ1) is 9.41. The molecule has 2 N–H and O–H groups in total. The standard InChI is InChI=1S/C13H14N4O2S/c1-9-13(10(2)16-15-9)17-20(18,19)8-12-5-3-4-11(6-12)7-14/h3-6,17H,8H2,1-2H3,(H,15,16). The van der Waals surface area contributed by atoms with Crippen molar-refractivity contribution in [3.8, 4) is 6.07 Å². The highest BCUT2D eigenvalue weighted by Gasteiger charge is 2.16. The number of rotatable bonds is 4. The SMILES string of the molecule is Cc1n[nH]c(C)c1NS(=O)(=O)Cc1cccc(C#N)c1. The molecule has 0 spiro atoms. The van der Waals surface area contributed by atoms with Crippen molar-refractivity contribution in [1.82, 2.24) is 10.2 Å². The van der Waals surface area contributed by atoms with E-state index in [1.54, 1.807) is 38.1 Å². The maximum atomic E-state index is 12.1. The Morgan fingerprint density at radius 3 is 2.75 bits per heavy atom. The third-order valence-corrected chi connectivity index (χ3v) is 4.03. The van der Waals surface area contributed by atoms with Crippen molar-refractivity contribution in [3.63, 3.8) is 0 Å². The molecule has 2 rings (SSSR count). The summed E-state index contributed by atoms with van der Waals surface area (Å²) in [6, 6.07) is 8.52. The lowest BCUT2D eigenvalue weighted by atomic mass is 10.2. The Labute approximate surface area is 117 Å². The number of aryl methyl sites for hydroxylation is 2. The molecule has 0 amide bonds. The van der Waals surface area contributed by atoms with Gasteiger partial charge < -0.3 is 0 Å². The maximum absolute atomic E-state index is 12.1. The molecule has 0 saturated carbocycles. The number of aromatic amines is 1. The topological polar surface area (TPSA) is 98.6 Å². The van der Waals surface area contributed by atoms with Crippen LogP contribution in [0.3, 0.4) is 0 Å². The van der Waals surface area contributed by atoms with Gasteiger partial charge in [0, 0.05) is 0 Å². The lowest BCUT2D eigenvalue weighted by Gasteiger charge is -2.08. The number of benzene rings is 1. The normalized spacial score (nSPS) is 11.1. The van der Waals surface area contributed by atoms with Gasteiger partial charge in [-0.15, -0.1) is 0 Å². The predicted octanol–water partition coefficient (Wildman–Crippen LogP) is 1.84. The summed E-state index contributed by atoms with van der Waals surface area (Å²) in [6.45, 7) is 3.46. The van der Waals surface area contributed by atoms with Crippen LogP contribution in [0.25, 0.3) is 0 Å². The van der Waals surface area contributed by atoms with E-state index in [2.05, 4.69) is 14.9 Å².